The van der Waals surface area contributed by atoms with Crippen molar-refractivity contribution < 1.29 is 14.6 Å². The number of hydrogen-bond acceptors (Lipinski definition) is 3. The molecule has 1 fully saturated rings. The van der Waals surface area contributed by atoms with Gasteiger partial charge in [0.05, 0.1) is 12.2 Å². The summed E-state index contributed by atoms with van der Waals surface area (Å²) in [4.78, 5) is 0. The lowest BCUT2D eigenvalue weighted by atomic mass is 9.84. The number of aliphatic hydroxyl groups is 1. The second-order valence-corrected chi connectivity index (χ2v) is 5.05. The highest BCUT2D eigenvalue weighted by atomic mass is 16.5. The second-order valence-electron chi connectivity index (χ2n) is 5.05. The SMILES string of the molecule is COCCOc1ccccc1C1(O)CCCC1C. The number of methoxy groups -OCH3 is 1. The third-order valence-corrected chi connectivity index (χ3v) is 3.91. The summed E-state index contributed by atoms with van der Waals surface area (Å²) >= 11 is 0. The van der Waals surface area contributed by atoms with Crippen molar-refractivity contribution in [3.63, 3.8) is 0 Å². The molecule has 3 heteroatoms. The molecule has 0 spiro atoms. The van der Waals surface area contributed by atoms with E-state index in [-0.39, 0.29) is 5.92 Å². The van der Waals surface area contributed by atoms with Crippen LogP contribution in [0.25, 0.3) is 0 Å². The largest absolute Gasteiger partial charge is 0.491 e. The van der Waals surface area contributed by atoms with Gasteiger partial charge >= 0.3 is 0 Å². The molecule has 2 unspecified atom stereocenters. The zero-order chi connectivity index (χ0) is 13.0. The van der Waals surface area contributed by atoms with Crippen LogP contribution in [0.3, 0.4) is 0 Å². The van der Waals surface area contributed by atoms with Crippen LogP contribution in [0.5, 0.6) is 5.75 Å². The Hall–Kier alpha value is -1.06. The van der Waals surface area contributed by atoms with Gasteiger partial charge in [-0.1, -0.05) is 25.1 Å². The maximum absolute atomic E-state index is 10.9. The number of rotatable bonds is 5. The van der Waals surface area contributed by atoms with E-state index in [1.807, 2.05) is 24.3 Å². The van der Waals surface area contributed by atoms with Crippen molar-refractivity contribution in [3.8, 4) is 5.75 Å². The molecule has 1 N–H and O–H groups in total. The first-order valence-electron chi connectivity index (χ1n) is 6.62. The molecule has 0 aromatic heterocycles. The molecule has 2 rings (SSSR count). The Balaban J connectivity index is 2.21. The number of benzene rings is 1. The molecule has 100 valence electrons. The maximum Gasteiger partial charge on any atom is 0.125 e. The highest BCUT2D eigenvalue weighted by molar-refractivity contribution is 5.39. The Morgan fingerprint density at radius 3 is 2.78 bits per heavy atom. The van der Waals surface area contributed by atoms with E-state index >= 15 is 0 Å². The summed E-state index contributed by atoms with van der Waals surface area (Å²) in [6.45, 7) is 3.18. The lowest BCUT2D eigenvalue weighted by Crippen LogP contribution is -2.29. The van der Waals surface area contributed by atoms with Crippen LogP contribution >= 0.6 is 0 Å². The van der Waals surface area contributed by atoms with E-state index in [9.17, 15) is 5.11 Å². The smallest absolute Gasteiger partial charge is 0.125 e. The van der Waals surface area contributed by atoms with Gasteiger partial charge in [0, 0.05) is 12.7 Å². The maximum atomic E-state index is 10.9. The molecule has 0 radical (unpaired) electrons. The van der Waals surface area contributed by atoms with E-state index in [2.05, 4.69) is 6.92 Å². The van der Waals surface area contributed by atoms with Gasteiger partial charge in [-0.2, -0.15) is 0 Å². The molecule has 1 aliphatic rings. The molecule has 1 aromatic carbocycles. The summed E-state index contributed by atoms with van der Waals surface area (Å²) in [6, 6.07) is 7.80. The highest BCUT2D eigenvalue weighted by Gasteiger charge is 2.41. The van der Waals surface area contributed by atoms with Crippen molar-refractivity contribution in [1.82, 2.24) is 0 Å². The van der Waals surface area contributed by atoms with Crippen LogP contribution in [0, 0.1) is 5.92 Å². The van der Waals surface area contributed by atoms with E-state index in [1.54, 1.807) is 7.11 Å². The predicted octanol–water partition coefficient (Wildman–Crippen LogP) is 2.72. The van der Waals surface area contributed by atoms with Gasteiger partial charge in [-0.15, -0.1) is 0 Å². The first-order valence-corrected chi connectivity index (χ1v) is 6.62. The monoisotopic (exact) mass is 250 g/mol. The van der Waals surface area contributed by atoms with Crippen LogP contribution in [-0.2, 0) is 10.3 Å². The molecule has 1 aliphatic carbocycles. The van der Waals surface area contributed by atoms with Crippen molar-refractivity contribution in [2.45, 2.75) is 31.8 Å². The summed E-state index contributed by atoms with van der Waals surface area (Å²) in [5, 5.41) is 10.9. The molecule has 1 saturated carbocycles. The van der Waals surface area contributed by atoms with Gasteiger partial charge in [-0.25, -0.2) is 0 Å². The fraction of sp³-hybridized carbons (Fsp3) is 0.600. The minimum absolute atomic E-state index is 0.282. The first kappa shape index (κ1) is 13.4. The van der Waals surface area contributed by atoms with E-state index < -0.39 is 5.60 Å². The van der Waals surface area contributed by atoms with Crippen molar-refractivity contribution >= 4 is 0 Å². The average Bonchev–Trinajstić information content (AvgIpc) is 2.72. The number of hydrogen-bond donors (Lipinski definition) is 1. The molecule has 0 aliphatic heterocycles. The second kappa shape index (κ2) is 5.72. The van der Waals surface area contributed by atoms with Crippen molar-refractivity contribution in [3.05, 3.63) is 29.8 Å². The summed E-state index contributed by atoms with van der Waals surface area (Å²) in [6.07, 6.45) is 2.96. The number of ether oxygens (including phenoxy) is 2. The average molecular weight is 250 g/mol. The summed E-state index contributed by atoms with van der Waals surface area (Å²) in [7, 11) is 1.65. The van der Waals surface area contributed by atoms with E-state index in [0.717, 1.165) is 30.6 Å². The molecule has 0 saturated heterocycles. The van der Waals surface area contributed by atoms with Crippen LogP contribution in [0.1, 0.15) is 31.7 Å². The topological polar surface area (TPSA) is 38.7 Å². The molecular weight excluding hydrogens is 228 g/mol. The Labute approximate surface area is 109 Å². The zero-order valence-electron chi connectivity index (χ0n) is 11.2. The van der Waals surface area contributed by atoms with Crippen molar-refractivity contribution in [1.29, 1.82) is 0 Å². The van der Waals surface area contributed by atoms with Gasteiger partial charge in [0.1, 0.15) is 12.4 Å². The minimum Gasteiger partial charge on any atom is -0.491 e. The van der Waals surface area contributed by atoms with Gasteiger partial charge in [0.2, 0.25) is 0 Å². The fourth-order valence-electron chi connectivity index (χ4n) is 2.75. The van der Waals surface area contributed by atoms with Crippen molar-refractivity contribution in [2.75, 3.05) is 20.3 Å². The molecule has 0 amide bonds. The van der Waals surface area contributed by atoms with Gasteiger partial charge in [0.25, 0.3) is 0 Å². The van der Waals surface area contributed by atoms with Crippen LogP contribution < -0.4 is 4.74 Å². The third-order valence-electron chi connectivity index (χ3n) is 3.91. The van der Waals surface area contributed by atoms with Crippen LogP contribution in [0.4, 0.5) is 0 Å². The van der Waals surface area contributed by atoms with E-state index in [0.29, 0.717) is 13.2 Å². The van der Waals surface area contributed by atoms with Crippen LogP contribution in [0.15, 0.2) is 24.3 Å². The molecule has 0 bridgehead atoms. The van der Waals surface area contributed by atoms with Gasteiger partial charge in [0.15, 0.2) is 0 Å². The Kier molecular flexibility index (Phi) is 4.25. The first-order chi connectivity index (χ1) is 8.68. The highest BCUT2D eigenvalue weighted by Crippen LogP contribution is 2.46. The van der Waals surface area contributed by atoms with E-state index in [1.165, 1.54) is 0 Å². The lowest BCUT2D eigenvalue weighted by molar-refractivity contribution is 0.00141. The molecule has 3 nitrogen and oxygen atoms in total. The normalized spacial score (nSPS) is 27.4. The van der Waals surface area contributed by atoms with E-state index in [4.69, 9.17) is 9.47 Å². The predicted molar refractivity (Wildman–Crippen MR) is 70.7 cm³/mol. The van der Waals surface area contributed by atoms with Gasteiger partial charge in [-0.3, -0.25) is 0 Å². The van der Waals surface area contributed by atoms with Gasteiger partial charge in [-0.05, 0) is 31.2 Å². The Morgan fingerprint density at radius 1 is 1.33 bits per heavy atom. The fourth-order valence-corrected chi connectivity index (χ4v) is 2.75. The quantitative estimate of drug-likeness (QED) is 0.817. The summed E-state index contributed by atoms with van der Waals surface area (Å²) in [5.74, 6) is 1.07. The molecule has 0 heterocycles. The Morgan fingerprint density at radius 2 is 2.11 bits per heavy atom. The standard InChI is InChI=1S/C15H22O3/c1-12-6-5-9-15(12,16)13-7-3-4-8-14(13)18-11-10-17-2/h3-4,7-8,12,16H,5-6,9-11H2,1-2H3. The zero-order valence-corrected chi connectivity index (χ0v) is 11.2. The van der Waals surface area contributed by atoms with Crippen LogP contribution in [0.2, 0.25) is 0 Å². The number of para-hydroxylation sites is 1. The molecule has 1 aromatic rings. The van der Waals surface area contributed by atoms with Crippen molar-refractivity contribution in [2.24, 2.45) is 5.92 Å². The third kappa shape index (κ3) is 2.52. The van der Waals surface area contributed by atoms with Gasteiger partial charge < -0.3 is 14.6 Å². The minimum atomic E-state index is -0.732. The lowest BCUT2D eigenvalue weighted by Gasteiger charge is -2.30. The summed E-state index contributed by atoms with van der Waals surface area (Å²) < 4.78 is 10.7. The Bertz CT molecular complexity index is 391. The molecule has 18 heavy (non-hydrogen) atoms. The summed E-state index contributed by atoms with van der Waals surface area (Å²) in [5.41, 5.74) is 0.190. The van der Waals surface area contributed by atoms with Crippen LogP contribution in [-0.4, -0.2) is 25.4 Å². The molecule has 2 atom stereocenters. The molecular formula is C15H22O3.